The van der Waals surface area contributed by atoms with Crippen LogP contribution in [0.15, 0.2) is 45.3 Å². The van der Waals surface area contributed by atoms with Gasteiger partial charge in [0.15, 0.2) is 11.6 Å². The molecule has 6 nitrogen and oxygen atoms in total. The average Bonchev–Trinajstić information content (AvgIpc) is 3.21. The number of aryl methyl sites for hydroxylation is 1. The molecule has 0 saturated carbocycles. The van der Waals surface area contributed by atoms with E-state index in [0.717, 1.165) is 5.56 Å². The van der Waals surface area contributed by atoms with Crippen LogP contribution in [0.1, 0.15) is 22.3 Å². The Morgan fingerprint density at radius 2 is 2.04 bits per heavy atom. The molecule has 124 valence electrons. The van der Waals surface area contributed by atoms with Crippen molar-refractivity contribution < 1.29 is 13.7 Å². The minimum Gasteiger partial charge on any atom is -0.451 e. The van der Waals surface area contributed by atoms with Gasteiger partial charge in [0.2, 0.25) is 5.89 Å². The lowest BCUT2D eigenvalue weighted by atomic mass is 10.2. The molecule has 0 aliphatic heterocycles. The second-order valence-electron chi connectivity index (χ2n) is 5.35. The second-order valence-corrected chi connectivity index (χ2v) is 5.76. The number of likely N-dealkylation sites (N-methyl/N-ethyl adjacent to an activating group) is 1. The quantitative estimate of drug-likeness (QED) is 0.706. The van der Waals surface area contributed by atoms with E-state index in [4.69, 9.17) is 20.5 Å². The average molecular weight is 346 g/mol. The van der Waals surface area contributed by atoms with E-state index in [1.807, 2.05) is 18.2 Å². The zero-order valence-electron chi connectivity index (χ0n) is 13.3. The van der Waals surface area contributed by atoms with Crippen LogP contribution in [0.4, 0.5) is 0 Å². The maximum Gasteiger partial charge on any atom is 0.289 e. The number of aromatic nitrogens is 2. The molecule has 0 aliphatic carbocycles. The van der Waals surface area contributed by atoms with E-state index >= 15 is 0 Å². The number of carbonyl (C=O) groups excluding carboxylic acids is 1. The number of furan rings is 1. The van der Waals surface area contributed by atoms with Crippen LogP contribution in [0.25, 0.3) is 11.3 Å². The molecule has 7 heteroatoms. The Bertz CT molecular complexity index is 856. The van der Waals surface area contributed by atoms with Gasteiger partial charge in [-0.3, -0.25) is 4.79 Å². The highest BCUT2D eigenvalue weighted by Gasteiger charge is 2.18. The van der Waals surface area contributed by atoms with E-state index in [1.54, 1.807) is 37.1 Å². The van der Waals surface area contributed by atoms with E-state index in [2.05, 4.69) is 10.1 Å². The molecule has 24 heavy (non-hydrogen) atoms. The van der Waals surface area contributed by atoms with E-state index in [0.29, 0.717) is 35.5 Å². The van der Waals surface area contributed by atoms with Crippen molar-refractivity contribution in [3.63, 3.8) is 0 Å². The maximum atomic E-state index is 12.4. The van der Waals surface area contributed by atoms with Gasteiger partial charge in [0, 0.05) is 32.5 Å². The largest absolute Gasteiger partial charge is 0.451 e. The molecule has 3 aromatic rings. The Labute approximate surface area is 144 Å². The van der Waals surface area contributed by atoms with Crippen LogP contribution in [-0.4, -0.2) is 34.5 Å². The summed E-state index contributed by atoms with van der Waals surface area (Å²) in [5.74, 6) is 1.69. The lowest BCUT2D eigenvalue weighted by Crippen LogP contribution is -2.28. The van der Waals surface area contributed by atoms with Crippen molar-refractivity contribution in [3.8, 4) is 11.3 Å². The van der Waals surface area contributed by atoms with Crippen molar-refractivity contribution in [3.05, 3.63) is 58.9 Å². The highest BCUT2D eigenvalue weighted by atomic mass is 35.5. The number of carbonyl (C=O) groups is 1. The Kier molecular flexibility index (Phi) is 4.66. The Balaban J connectivity index is 1.68. The van der Waals surface area contributed by atoms with E-state index in [1.165, 1.54) is 0 Å². The van der Waals surface area contributed by atoms with Crippen LogP contribution in [-0.2, 0) is 6.42 Å². The van der Waals surface area contributed by atoms with Gasteiger partial charge in [-0.1, -0.05) is 28.9 Å². The van der Waals surface area contributed by atoms with Gasteiger partial charge in [0.05, 0.1) is 5.02 Å². The maximum absolute atomic E-state index is 12.4. The number of nitrogens with zero attached hydrogens (tertiary/aromatic N) is 3. The number of hydrogen-bond acceptors (Lipinski definition) is 5. The summed E-state index contributed by atoms with van der Waals surface area (Å²) in [6, 6.07) is 10.7. The molecule has 1 aromatic carbocycles. The first-order chi connectivity index (χ1) is 11.5. The Hall–Kier alpha value is -2.60. The van der Waals surface area contributed by atoms with Gasteiger partial charge in [0.25, 0.3) is 5.91 Å². The molecule has 0 unspecified atom stereocenters. The van der Waals surface area contributed by atoms with Crippen molar-refractivity contribution in [2.45, 2.75) is 13.3 Å². The minimum atomic E-state index is -0.214. The lowest BCUT2D eigenvalue weighted by molar-refractivity contribution is 0.0765. The second kappa shape index (κ2) is 6.88. The third-order valence-electron chi connectivity index (χ3n) is 3.54. The van der Waals surface area contributed by atoms with Crippen molar-refractivity contribution >= 4 is 17.5 Å². The molecular formula is C17H16ClN3O3. The monoisotopic (exact) mass is 345 g/mol. The van der Waals surface area contributed by atoms with Crippen LogP contribution in [0.3, 0.4) is 0 Å². The summed E-state index contributed by atoms with van der Waals surface area (Å²) in [7, 11) is 1.70. The molecule has 3 rings (SSSR count). The summed E-state index contributed by atoms with van der Waals surface area (Å²) in [6.45, 7) is 2.18. The van der Waals surface area contributed by atoms with Crippen LogP contribution >= 0.6 is 11.6 Å². The first kappa shape index (κ1) is 16.3. The molecule has 1 amide bonds. The summed E-state index contributed by atoms with van der Waals surface area (Å²) in [6.07, 6.45) is 0.512. The van der Waals surface area contributed by atoms with Gasteiger partial charge in [-0.15, -0.1) is 0 Å². The third kappa shape index (κ3) is 3.49. The molecule has 2 heterocycles. The zero-order chi connectivity index (χ0) is 17.1. The molecule has 0 saturated heterocycles. The molecule has 0 atom stereocenters. The smallest absolute Gasteiger partial charge is 0.289 e. The molecule has 0 N–H and O–H groups in total. The number of halogens is 1. The van der Waals surface area contributed by atoms with Gasteiger partial charge in [-0.25, -0.2) is 0 Å². The normalized spacial score (nSPS) is 10.8. The minimum absolute atomic E-state index is 0.214. The number of hydrogen-bond donors (Lipinski definition) is 0. The molecule has 0 spiro atoms. The van der Waals surface area contributed by atoms with E-state index < -0.39 is 0 Å². The SMILES string of the molecule is Cc1nc(CCN(C)C(=O)c2ccc(-c3ccccc3Cl)o2)no1. The number of rotatable bonds is 5. The third-order valence-corrected chi connectivity index (χ3v) is 3.87. The van der Waals surface area contributed by atoms with Crippen molar-refractivity contribution in [2.75, 3.05) is 13.6 Å². The van der Waals surface area contributed by atoms with Gasteiger partial charge in [-0.2, -0.15) is 4.98 Å². The highest BCUT2D eigenvalue weighted by Crippen LogP contribution is 2.29. The number of amides is 1. The summed E-state index contributed by atoms with van der Waals surface area (Å²) < 4.78 is 10.6. The first-order valence-corrected chi connectivity index (χ1v) is 7.82. The topological polar surface area (TPSA) is 72.4 Å². The molecule has 2 aromatic heterocycles. The summed E-state index contributed by atoms with van der Waals surface area (Å²) >= 11 is 6.15. The van der Waals surface area contributed by atoms with Crippen LogP contribution < -0.4 is 0 Å². The fourth-order valence-electron chi connectivity index (χ4n) is 2.26. The van der Waals surface area contributed by atoms with Gasteiger partial charge in [-0.05, 0) is 24.3 Å². The van der Waals surface area contributed by atoms with Gasteiger partial charge in [0.1, 0.15) is 5.76 Å². The Morgan fingerprint density at radius 3 is 2.75 bits per heavy atom. The fraction of sp³-hybridized carbons (Fsp3) is 0.235. The van der Waals surface area contributed by atoms with Crippen molar-refractivity contribution in [2.24, 2.45) is 0 Å². The Morgan fingerprint density at radius 1 is 1.25 bits per heavy atom. The summed E-state index contributed by atoms with van der Waals surface area (Å²) in [5, 5.41) is 4.39. The molecular weight excluding hydrogens is 330 g/mol. The van der Waals surface area contributed by atoms with Gasteiger partial charge < -0.3 is 13.8 Å². The van der Waals surface area contributed by atoms with E-state index in [-0.39, 0.29) is 11.7 Å². The molecule has 0 radical (unpaired) electrons. The standard InChI is InChI=1S/C17H16ClN3O3/c1-11-19-16(20-24-11)9-10-21(2)17(22)15-8-7-14(23-15)12-5-3-4-6-13(12)18/h3-8H,9-10H2,1-2H3. The summed E-state index contributed by atoms with van der Waals surface area (Å²) in [5.41, 5.74) is 0.753. The molecule has 0 bridgehead atoms. The first-order valence-electron chi connectivity index (χ1n) is 7.44. The molecule has 0 fully saturated rings. The lowest BCUT2D eigenvalue weighted by Gasteiger charge is -2.14. The van der Waals surface area contributed by atoms with Gasteiger partial charge >= 0.3 is 0 Å². The van der Waals surface area contributed by atoms with E-state index in [9.17, 15) is 4.79 Å². The van der Waals surface area contributed by atoms with Crippen LogP contribution in [0, 0.1) is 6.92 Å². The van der Waals surface area contributed by atoms with Crippen molar-refractivity contribution in [1.29, 1.82) is 0 Å². The summed E-state index contributed by atoms with van der Waals surface area (Å²) in [4.78, 5) is 18.1. The van der Waals surface area contributed by atoms with Crippen molar-refractivity contribution in [1.82, 2.24) is 15.0 Å². The highest BCUT2D eigenvalue weighted by molar-refractivity contribution is 6.33. The molecule has 0 aliphatic rings. The van der Waals surface area contributed by atoms with Crippen LogP contribution in [0.5, 0.6) is 0 Å². The zero-order valence-corrected chi connectivity index (χ0v) is 14.1. The number of benzene rings is 1. The fourth-order valence-corrected chi connectivity index (χ4v) is 2.49. The van der Waals surface area contributed by atoms with Crippen LogP contribution in [0.2, 0.25) is 5.02 Å². The predicted octanol–water partition coefficient (Wildman–Crippen LogP) is 3.61. The predicted molar refractivity (Wildman–Crippen MR) is 88.9 cm³/mol.